The summed E-state index contributed by atoms with van der Waals surface area (Å²) in [6, 6.07) is 7.52. The Labute approximate surface area is 166 Å². The minimum absolute atomic E-state index is 0. The van der Waals surface area contributed by atoms with Gasteiger partial charge in [0.05, 0.1) is 0 Å². The van der Waals surface area contributed by atoms with Gasteiger partial charge in [-0.05, 0) is 63.8 Å². The molecule has 1 saturated heterocycles. The number of nitrogens with one attached hydrogen (secondary N) is 3. The second-order valence-electron chi connectivity index (χ2n) is 6.76. The van der Waals surface area contributed by atoms with Crippen molar-refractivity contribution in [2.24, 2.45) is 0 Å². The predicted molar refractivity (Wildman–Crippen MR) is 111 cm³/mol. The second-order valence-corrected chi connectivity index (χ2v) is 7.75. The summed E-state index contributed by atoms with van der Waals surface area (Å²) in [6.07, 6.45) is 4.49. The molecule has 1 aromatic rings. The number of carbonyl (C=O) groups is 2. The average molecular weight is 400 g/mol. The van der Waals surface area contributed by atoms with Gasteiger partial charge < -0.3 is 16.0 Å². The first-order valence-corrected chi connectivity index (χ1v) is 10.3. The smallest absolute Gasteiger partial charge is 0.251 e. The van der Waals surface area contributed by atoms with E-state index in [-0.39, 0.29) is 30.3 Å². The van der Waals surface area contributed by atoms with Gasteiger partial charge in [0.15, 0.2) is 0 Å². The Kier molecular flexibility index (Phi) is 10.1. The average Bonchev–Trinajstić information content (AvgIpc) is 2.58. The third-order valence-electron chi connectivity index (χ3n) is 4.48. The van der Waals surface area contributed by atoms with Crippen LogP contribution in [0.15, 0.2) is 24.3 Å². The van der Waals surface area contributed by atoms with E-state index in [0.717, 1.165) is 30.7 Å². The van der Waals surface area contributed by atoms with Crippen LogP contribution in [0.5, 0.6) is 0 Å². The number of benzene rings is 1. The molecule has 0 aromatic heterocycles. The SMILES string of the molecule is CSCCC(NC(=O)c1cccc(C)c1)C(=O)NC1CCNC(C)C1.Cl. The highest BCUT2D eigenvalue weighted by Crippen LogP contribution is 2.10. The van der Waals surface area contributed by atoms with Crippen LogP contribution >= 0.6 is 24.2 Å². The van der Waals surface area contributed by atoms with Crippen molar-refractivity contribution in [3.05, 3.63) is 35.4 Å². The van der Waals surface area contributed by atoms with Crippen LogP contribution in [0.25, 0.3) is 0 Å². The summed E-state index contributed by atoms with van der Waals surface area (Å²) in [5.74, 6) is 0.562. The van der Waals surface area contributed by atoms with Crippen LogP contribution in [0, 0.1) is 6.92 Å². The zero-order chi connectivity index (χ0) is 18.2. The molecule has 0 saturated carbocycles. The molecular weight excluding hydrogens is 370 g/mol. The largest absolute Gasteiger partial charge is 0.351 e. The molecule has 0 spiro atoms. The summed E-state index contributed by atoms with van der Waals surface area (Å²) in [7, 11) is 0. The molecule has 0 radical (unpaired) electrons. The van der Waals surface area contributed by atoms with Crippen molar-refractivity contribution in [3.8, 4) is 0 Å². The Hall–Kier alpha value is -1.24. The van der Waals surface area contributed by atoms with E-state index in [1.54, 1.807) is 17.8 Å². The predicted octanol–water partition coefficient (Wildman–Crippen LogP) is 2.53. The summed E-state index contributed by atoms with van der Waals surface area (Å²) in [4.78, 5) is 25.2. The van der Waals surface area contributed by atoms with Crippen LogP contribution in [-0.2, 0) is 4.79 Å². The van der Waals surface area contributed by atoms with Crippen molar-refractivity contribution < 1.29 is 9.59 Å². The van der Waals surface area contributed by atoms with E-state index in [0.29, 0.717) is 18.0 Å². The van der Waals surface area contributed by atoms with Gasteiger partial charge in [-0.3, -0.25) is 9.59 Å². The summed E-state index contributed by atoms with van der Waals surface area (Å²) < 4.78 is 0. The Morgan fingerprint density at radius 1 is 1.38 bits per heavy atom. The van der Waals surface area contributed by atoms with E-state index in [4.69, 9.17) is 0 Å². The molecular formula is C19H30ClN3O2S. The second kappa shape index (κ2) is 11.5. The fourth-order valence-corrected chi connectivity index (χ4v) is 3.57. The summed E-state index contributed by atoms with van der Waals surface area (Å²) in [5, 5.41) is 9.42. The number of rotatable bonds is 7. The molecule has 1 heterocycles. The molecule has 1 aliphatic rings. The quantitative estimate of drug-likeness (QED) is 0.658. The lowest BCUT2D eigenvalue weighted by Crippen LogP contribution is -2.53. The van der Waals surface area contributed by atoms with Gasteiger partial charge in [-0.25, -0.2) is 0 Å². The number of aryl methyl sites for hydroxylation is 1. The van der Waals surface area contributed by atoms with Gasteiger partial charge in [0.2, 0.25) is 5.91 Å². The molecule has 5 nitrogen and oxygen atoms in total. The lowest BCUT2D eigenvalue weighted by molar-refractivity contribution is -0.123. The molecule has 146 valence electrons. The molecule has 26 heavy (non-hydrogen) atoms. The molecule has 2 rings (SSSR count). The fourth-order valence-electron chi connectivity index (χ4n) is 3.10. The van der Waals surface area contributed by atoms with Crippen molar-refractivity contribution in [1.29, 1.82) is 0 Å². The Bertz CT molecular complexity index is 600. The van der Waals surface area contributed by atoms with Crippen LogP contribution in [0.2, 0.25) is 0 Å². The first kappa shape index (κ1) is 22.8. The first-order valence-electron chi connectivity index (χ1n) is 8.90. The Morgan fingerprint density at radius 3 is 2.81 bits per heavy atom. The van der Waals surface area contributed by atoms with Crippen LogP contribution < -0.4 is 16.0 Å². The number of hydrogen-bond donors (Lipinski definition) is 3. The summed E-state index contributed by atoms with van der Waals surface area (Å²) >= 11 is 1.68. The van der Waals surface area contributed by atoms with Crippen molar-refractivity contribution in [2.45, 2.75) is 51.2 Å². The molecule has 3 unspecified atom stereocenters. The van der Waals surface area contributed by atoms with Crippen LogP contribution in [-0.4, -0.2) is 48.5 Å². The van der Waals surface area contributed by atoms with E-state index in [1.807, 2.05) is 31.4 Å². The van der Waals surface area contributed by atoms with E-state index in [1.165, 1.54) is 0 Å². The number of carbonyl (C=O) groups excluding carboxylic acids is 2. The van der Waals surface area contributed by atoms with Gasteiger partial charge in [0.25, 0.3) is 5.91 Å². The molecule has 0 bridgehead atoms. The number of hydrogen-bond acceptors (Lipinski definition) is 4. The molecule has 1 fully saturated rings. The lowest BCUT2D eigenvalue weighted by atomic mass is 10.00. The van der Waals surface area contributed by atoms with Gasteiger partial charge in [-0.15, -0.1) is 12.4 Å². The number of halogens is 1. The third-order valence-corrected chi connectivity index (χ3v) is 5.13. The molecule has 3 N–H and O–H groups in total. The van der Waals surface area contributed by atoms with Crippen molar-refractivity contribution in [2.75, 3.05) is 18.6 Å². The van der Waals surface area contributed by atoms with Gasteiger partial charge in [-0.2, -0.15) is 11.8 Å². The standard InChI is InChI=1S/C19H29N3O2S.ClH/c1-13-5-4-6-15(11-13)18(23)22-17(8-10-25-3)19(24)21-16-7-9-20-14(2)12-16;/h4-6,11,14,16-17,20H,7-10,12H2,1-3H3,(H,21,24)(H,22,23);1H. The normalized spacial score (nSPS) is 20.6. The Morgan fingerprint density at radius 2 is 2.15 bits per heavy atom. The maximum absolute atomic E-state index is 12.7. The van der Waals surface area contributed by atoms with E-state index in [9.17, 15) is 9.59 Å². The maximum atomic E-state index is 12.7. The monoisotopic (exact) mass is 399 g/mol. The van der Waals surface area contributed by atoms with Gasteiger partial charge in [-0.1, -0.05) is 17.7 Å². The molecule has 0 aliphatic carbocycles. The highest BCUT2D eigenvalue weighted by Gasteiger charge is 2.25. The molecule has 7 heteroatoms. The minimum Gasteiger partial charge on any atom is -0.351 e. The lowest BCUT2D eigenvalue weighted by Gasteiger charge is -2.30. The van der Waals surface area contributed by atoms with Crippen LogP contribution in [0.4, 0.5) is 0 Å². The zero-order valence-corrected chi connectivity index (χ0v) is 17.3. The molecule has 1 aliphatic heterocycles. The zero-order valence-electron chi connectivity index (χ0n) is 15.7. The van der Waals surface area contributed by atoms with E-state index >= 15 is 0 Å². The van der Waals surface area contributed by atoms with Gasteiger partial charge in [0, 0.05) is 17.6 Å². The molecule has 2 amide bonds. The third kappa shape index (κ3) is 7.17. The number of thioether (sulfide) groups is 1. The molecule has 1 aromatic carbocycles. The van der Waals surface area contributed by atoms with Crippen molar-refractivity contribution in [1.82, 2.24) is 16.0 Å². The molecule has 3 atom stereocenters. The highest BCUT2D eigenvalue weighted by atomic mass is 35.5. The fraction of sp³-hybridized carbons (Fsp3) is 0.579. The van der Waals surface area contributed by atoms with Gasteiger partial charge in [0.1, 0.15) is 6.04 Å². The Balaban J connectivity index is 0.00000338. The van der Waals surface area contributed by atoms with Gasteiger partial charge >= 0.3 is 0 Å². The van der Waals surface area contributed by atoms with Crippen LogP contribution in [0.1, 0.15) is 42.1 Å². The minimum atomic E-state index is -0.495. The van der Waals surface area contributed by atoms with E-state index in [2.05, 4.69) is 22.9 Å². The van der Waals surface area contributed by atoms with E-state index < -0.39 is 6.04 Å². The number of amides is 2. The van der Waals surface area contributed by atoms with Crippen LogP contribution in [0.3, 0.4) is 0 Å². The van der Waals surface area contributed by atoms with Crippen molar-refractivity contribution in [3.63, 3.8) is 0 Å². The summed E-state index contributed by atoms with van der Waals surface area (Å²) in [6.45, 7) is 4.99. The number of piperidine rings is 1. The highest BCUT2D eigenvalue weighted by molar-refractivity contribution is 7.98. The maximum Gasteiger partial charge on any atom is 0.251 e. The topological polar surface area (TPSA) is 70.2 Å². The first-order chi connectivity index (χ1) is 12.0. The summed E-state index contributed by atoms with van der Waals surface area (Å²) in [5.41, 5.74) is 1.62. The van der Waals surface area contributed by atoms with Crippen molar-refractivity contribution >= 4 is 36.0 Å².